The summed E-state index contributed by atoms with van der Waals surface area (Å²) < 4.78 is 10.6. The van der Waals surface area contributed by atoms with Crippen LogP contribution in [0.15, 0.2) is 46.4 Å². The molecule has 142 valence electrons. The number of nitrogens with zero attached hydrogens (tertiary/aromatic N) is 2. The average Bonchev–Trinajstić information content (AvgIpc) is 2.63. The molecule has 0 aromatic heterocycles. The normalized spacial score (nSPS) is 20.6. The molecule has 0 bridgehead atoms. The van der Waals surface area contributed by atoms with E-state index in [0.29, 0.717) is 12.3 Å². The van der Waals surface area contributed by atoms with Crippen molar-refractivity contribution >= 4 is 24.4 Å². The number of hydrogen-bond acceptors (Lipinski definition) is 4. The third-order valence-electron chi connectivity index (χ3n) is 4.88. The highest BCUT2D eigenvalue weighted by molar-refractivity contribution is 7.79. The Morgan fingerprint density at radius 1 is 1.23 bits per heavy atom. The maximum Gasteiger partial charge on any atom is 0.233 e. The van der Waals surface area contributed by atoms with E-state index in [1.165, 1.54) is 18.4 Å². The lowest BCUT2D eigenvalue weighted by molar-refractivity contribution is -0.918. The highest BCUT2D eigenvalue weighted by Crippen LogP contribution is 2.22. The standard InChI is InChI=1S/C21H31N3OS/c1-3-4-5-9-15-25-21(22)20(23-26)19-13-10-14-24(2,17-19)16-18-11-7-6-8-12-18/h6-8,11-13,22H,3-5,9-10,14-17H2,1-2H3/p+1/b22-21?,23-20-. The highest BCUT2D eigenvalue weighted by atomic mass is 32.1. The second kappa shape index (κ2) is 10.5. The van der Waals surface area contributed by atoms with Gasteiger partial charge in [-0.2, -0.15) is 0 Å². The molecule has 4 nitrogen and oxygen atoms in total. The van der Waals surface area contributed by atoms with Crippen LogP contribution in [-0.2, 0) is 11.3 Å². The van der Waals surface area contributed by atoms with Crippen molar-refractivity contribution in [3.8, 4) is 0 Å². The first kappa shape index (κ1) is 20.7. The van der Waals surface area contributed by atoms with Gasteiger partial charge in [-0.3, -0.25) is 5.41 Å². The van der Waals surface area contributed by atoms with Gasteiger partial charge >= 0.3 is 0 Å². The molecule has 1 aliphatic rings. The number of ether oxygens (including phenoxy) is 1. The molecule has 1 aliphatic heterocycles. The molecule has 0 aliphatic carbocycles. The number of benzene rings is 1. The monoisotopic (exact) mass is 374 g/mol. The van der Waals surface area contributed by atoms with Crippen LogP contribution in [0.4, 0.5) is 0 Å². The van der Waals surface area contributed by atoms with E-state index in [1.54, 1.807) is 0 Å². The molecule has 1 aromatic carbocycles. The molecule has 0 amide bonds. The fourth-order valence-electron chi connectivity index (χ4n) is 3.46. The van der Waals surface area contributed by atoms with Crippen LogP contribution in [0.3, 0.4) is 0 Å². The fraction of sp³-hybridized carbons (Fsp3) is 0.524. The zero-order valence-corrected chi connectivity index (χ0v) is 17.0. The van der Waals surface area contributed by atoms with Crippen LogP contribution in [0, 0.1) is 5.41 Å². The van der Waals surface area contributed by atoms with Crippen molar-refractivity contribution in [1.29, 1.82) is 5.41 Å². The van der Waals surface area contributed by atoms with Crippen LogP contribution in [-0.4, -0.2) is 42.8 Å². The lowest BCUT2D eigenvalue weighted by atomic mass is 10.0. The number of nitrogens with one attached hydrogen (secondary N) is 1. The van der Waals surface area contributed by atoms with Crippen molar-refractivity contribution in [2.75, 3.05) is 26.7 Å². The van der Waals surface area contributed by atoms with Crippen molar-refractivity contribution in [3.05, 3.63) is 47.5 Å². The third-order valence-corrected chi connectivity index (χ3v) is 5.08. The first-order valence-electron chi connectivity index (χ1n) is 9.58. The van der Waals surface area contributed by atoms with Gasteiger partial charge in [0.25, 0.3) is 0 Å². The van der Waals surface area contributed by atoms with Crippen LogP contribution in [0.5, 0.6) is 0 Å². The number of likely N-dealkylation sites (N-methyl/N-ethyl adjacent to an activating group) is 1. The average molecular weight is 375 g/mol. The number of quaternary nitrogens is 1. The zero-order valence-electron chi connectivity index (χ0n) is 16.1. The summed E-state index contributed by atoms with van der Waals surface area (Å²) in [7, 11) is 2.27. The van der Waals surface area contributed by atoms with Crippen LogP contribution in [0.1, 0.15) is 44.6 Å². The molecule has 0 saturated heterocycles. The first-order chi connectivity index (χ1) is 12.6. The minimum Gasteiger partial charge on any atom is -0.477 e. The van der Waals surface area contributed by atoms with Gasteiger partial charge in [0.05, 0.1) is 20.2 Å². The van der Waals surface area contributed by atoms with E-state index in [2.05, 4.69) is 67.6 Å². The summed E-state index contributed by atoms with van der Waals surface area (Å²) in [5.74, 6) is 0.149. The van der Waals surface area contributed by atoms with E-state index < -0.39 is 0 Å². The van der Waals surface area contributed by atoms with Crippen LogP contribution in [0.2, 0.25) is 0 Å². The Labute approximate surface area is 163 Å². The lowest BCUT2D eigenvalue weighted by Gasteiger charge is -2.38. The molecule has 1 unspecified atom stereocenters. The SMILES string of the molecule is CCCCCCOC(=N)/C(=N\S)C1=CCC[N+](C)(Cc2ccccc2)C1. The summed E-state index contributed by atoms with van der Waals surface area (Å²) in [6.45, 7) is 5.67. The minimum atomic E-state index is 0.149. The van der Waals surface area contributed by atoms with Crippen molar-refractivity contribution < 1.29 is 9.22 Å². The number of unbranched alkanes of at least 4 members (excludes halogenated alkanes) is 3. The third kappa shape index (κ3) is 6.29. The van der Waals surface area contributed by atoms with Crippen molar-refractivity contribution in [2.24, 2.45) is 4.40 Å². The smallest absolute Gasteiger partial charge is 0.233 e. The van der Waals surface area contributed by atoms with Gasteiger partial charge in [0.15, 0.2) is 0 Å². The van der Waals surface area contributed by atoms with Gasteiger partial charge in [0, 0.05) is 17.6 Å². The Morgan fingerprint density at radius 3 is 2.69 bits per heavy atom. The summed E-state index contributed by atoms with van der Waals surface area (Å²) in [6.07, 6.45) is 7.71. The fourth-order valence-corrected chi connectivity index (χ4v) is 3.68. The molecule has 1 atom stereocenters. The molecule has 0 saturated carbocycles. The quantitative estimate of drug-likeness (QED) is 0.210. The topological polar surface area (TPSA) is 45.4 Å². The van der Waals surface area contributed by atoms with E-state index in [1.807, 2.05) is 0 Å². The molecule has 1 heterocycles. The molecule has 2 rings (SSSR count). The van der Waals surface area contributed by atoms with E-state index >= 15 is 0 Å². The molecular formula is C21H32N3OS+. The Balaban J connectivity index is 1.95. The Hall–Kier alpha value is -1.59. The Bertz CT molecular complexity index is 642. The minimum absolute atomic E-state index is 0.149. The Kier molecular flexibility index (Phi) is 8.39. The van der Waals surface area contributed by atoms with Gasteiger partial charge in [0.2, 0.25) is 5.90 Å². The first-order valence-corrected chi connectivity index (χ1v) is 9.98. The molecule has 0 fully saturated rings. The molecule has 1 N–H and O–H groups in total. The molecule has 26 heavy (non-hydrogen) atoms. The largest absolute Gasteiger partial charge is 0.477 e. The van der Waals surface area contributed by atoms with E-state index in [-0.39, 0.29) is 5.90 Å². The zero-order chi connectivity index (χ0) is 18.8. The second-order valence-corrected chi connectivity index (χ2v) is 7.55. The number of hydrogen-bond donors (Lipinski definition) is 2. The van der Waals surface area contributed by atoms with E-state index in [0.717, 1.165) is 49.0 Å². The molecule has 0 radical (unpaired) electrons. The molecular weight excluding hydrogens is 342 g/mol. The highest BCUT2D eigenvalue weighted by Gasteiger charge is 2.30. The van der Waals surface area contributed by atoms with Crippen LogP contribution in [0.25, 0.3) is 0 Å². The summed E-state index contributed by atoms with van der Waals surface area (Å²) >= 11 is 4.12. The maximum atomic E-state index is 8.26. The number of thiol groups is 1. The van der Waals surface area contributed by atoms with Gasteiger partial charge in [-0.05, 0) is 19.2 Å². The molecule has 0 spiro atoms. The van der Waals surface area contributed by atoms with Gasteiger partial charge in [-0.15, -0.1) is 0 Å². The second-order valence-electron chi connectivity index (χ2n) is 7.35. The Morgan fingerprint density at radius 2 is 2.00 bits per heavy atom. The van der Waals surface area contributed by atoms with Gasteiger partial charge in [0.1, 0.15) is 18.8 Å². The number of rotatable bonds is 9. The van der Waals surface area contributed by atoms with Gasteiger partial charge in [-0.1, -0.05) is 62.6 Å². The summed E-state index contributed by atoms with van der Waals surface area (Å²) in [5, 5.41) is 8.26. The predicted octanol–water partition coefficient (Wildman–Crippen LogP) is 4.82. The van der Waals surface area contributed by atoms with Gasteiger partial charge in [-0.25, -0.2) is 4.40 Å². The maximum absolute atomic E-state index is 8.26. The summed E-state index contributed by atoms with van der Waals surface area (Å²) in [4.78, 5) is 0. The summed E-state index contributed by atoms with van der Waals surface area (Å²) in [6, 6.07) is 10.6. The molecule has 5 heteroatoms. The van der Waals surface area contributed by atoms with Crippen LogP contribution < -0.4 is 0 Å². The predicted molar refractivity (Wildman–Crippen MR) is 113 cm³/mol. The lowest BCUT2D eigenvalue weighted by Crippen LogP contribution is -2.48. The molecule has 1 aromatic rings. The van der Waals surface area contributed by atoms with Crippen LogP contribution >= 0.6 is 12.8 Å². The van der Waals surface area contributed by atoms with Crippen molar-refractivity contribution in [2.45, 2.75) is 45.6 Å². The van der Waals surface area contributed by atoms with Crippen molar-refractivity contribution in [1.82, 2.24) is 0 Å². The van der Waals surface area contributed by atoms with Gasteiger partial charge < -0.3 is 9.22 Å². The van der Waals surface area contributed by atoms with Crippen molar-refractivity contribution in [3.63, 3.8) is 0 Å². The van der Waals surface area contributed by atoms with E-state index in [4.69, 9.17) is 10.1 Å². The van der Waals surface area contributed by atoms with E-state index in [9.17, 15) is 0 Å². The summed E-state index contributed by atoms with van der Waals surface area (Å²) in [5.41, 5.74) is 2.99.